The van der Waals surface area contributed by atoms with Gasteiger partial charge in [-0.1, -0.05) is 15.9 Å². The Hall–Kier alpha value is -1.49. The first-order chi connectivity index (χ1) is 7.25. The summed E-state index contributed by atoms with van der Waals surface area (Å²) < 4.78 is 2.81. The van der Waals surface area contributed by atoms with Crippen LogP contribution >= 0.6 is 15.9 Å². The van der Waals surface area contributed by atoms with Gasteiger partial charge < -0.3 is 0 Å². The summed E-state index contributed by atoms with van der Waals surface area (Å²) in [4.78, 5) is 0. The predicted molar refractivity (Wildman–Crippen MR) is 60.7 cm³/mol. The summed E-state index contributed by atoms with van der Waals surface area (Å²) in [6.07, 6.45) is 0. The van der Waals surface area contributed by atoms with E-state index < -0.39 is 0 Å². The Morgan fingerprint density at radius 3 is 3.00 bits per heavy atom. The first kappa shape index (κ1) is 8.79. The number of aromatic nitrogens is 4. The fourth-order valence-corrected chi connectivity index (χ4v) is 2.10. The van der Waals surface area contributed by atoms with Gasteiger partial charge in [-0.3, -0.25) is 0 Å². The van der Waals surface area contributed by atoms with E-state index in [0.29, 0.717) is 0 Å². The monoisotopic (exact) mass is 262 g/mol. The molecule has 0 N–H and O–H groups in total. The van der Waals surface area contributed by atoms with Gasteiger partial charge >= 0.3 is 0 Å². The summed E-state index contributed by atoms with van der Waals surface area (Å²) >= 11 is 3.46. The van der Waals surface area contributed by atoms with Gasteiger partial charge in [-0.05, 0) is 47.2 Å². The van der Waals surface area contributed by atoms with Crippen LogP contribution in [0.1, 0.15) is 5.56 Å². The van der Waals surface area contributed by atoms with E-state index in [1.54, 1.807) is 4.52 Å². The molecule has 2 aromatic heterocycles. The number of rotatable bonds is 0. The van der Waals surface area contributed by atoms with Crippen molar-refractivity contribution in [2.24, 2.45) is 0 Å². The number of hydrogen-bond acceptors (Lipinski definition) is 3. The van der Waals surface area contributed by atoms with E-state index >= 15 is 0 Å². The molecular formula is C10H7BrN4. The van der Waals surface area contributed by atoms with E-state index in [-0.39, 0.29) is 0 Å². The van der Waals surface area contributed by atoms with Crippen molar-refractivity contribution in [2.75, 3.05) is 0 Å². The summed E-state index contributed by atoms with van der Waals surface area (Å²) in [5.41, 5.74) is 2.98. The van der Waals surface area contributed by atoms with Gasteiger partial charge in [0.05, 0.1) is 5.52 Å². The van der Waals surface area contributed by atoms with Crippen LogP contribution in [0.2, 0.25) is 0 Å². The van der Waals surface area contributed by atoms with Crippen LogP contribution in [0.4, 0.5) is 0 Å². The van der Waals surface area contributed by atoms with Crippen LogP contribution in [-0.2, 0) is 0 Å². The van der Waals surface area contributed by atoms with Gasteiger partial charge in [0.2, 0.25) is 0 Å². The quantitative estimate of drug-likeness (QED) is 0.625. The molecule has 0 radical (unpaired) electrons. The minimum atomic E-state index is 0.780. The molecule has 0 unspecified atom stereocenters. The predicted octanol–water partition coefficient (Wildman–Crippen LogP) is 2.35. The van der Waals surface area contributed by atoms with Crippen LogP contribution in [-0.4, -0.2) is 20.0 Å². The molecule has 0 bridgehead atoms. The lowest BCUT2D eigenvalue weighted by Crippen LogP contribution is -1.92. The van der Waals surface area contributed by atoms with Gasteiger partial charge in [0.15, 0.2) is 5.65 Å². The highest BCUT2D eigenvalue weighted by atomic mass is 79.9. The second-order valence-corrected chi connectivity index (χ2v) is 4.35. The van der Waals surface area contributed by atoms with E-state index in [1.165, 1.54) is 5.56 Å². The maximum Gasteiger partial charge on any atom is 0.180 e. The van der Waals surface area contributed by atoms with E-state index in [2.05, 4.69) is 44.4 Å². The molecule has 5 heteroatoms. The van der Waals surface area contributed by atoms with Crippen LogP contribution in [0, 0.1) is 6.92 Å². The van der Waals surface area contributed by atoms with Crippen LogP contribution in [0.25, 0.3) is 16.6 Å². The lowest BCUT2D eigenvalue weighted by molar-refractivity contribution is 0.841. The standard InChI is InChI=1S/C10H7BrN4/c1-6-4-10-12-13-14-15(10)9-3-2-7(11)5-8(6)9/h2-5H,1H3. The van der Waals surface area contributed by atoms with Crippen LogP contribution < -0.4 is 0 Å². The Kier molecular flexibility index (Phi) is 1.76. The molecule has 4 nitrogen and oxygen atoms in total. The Bertz CT molecular complexity index is 659. The SMILES string of the molecule is Cc1cc2nnnn2c2ccc(Br)cc12. The van der Waals surface area contributed by atoms with E-state index in [0.717, 1.165) is 21.0 Å². The minimum Gasteiger partial charge on any atom is -0.193 e. The zero-order chi connectivity index (χ0) is 10.4. The molecule has 0 aliphatic heterocycles. The maximum absolute atomic E-state index is 3.96. The van der Waals surface area contributed by atoms with Gasteiger partial charge in [-0.15, -0.1) is 5.10 Å². The molecule has 74 valence electrons. The molecular weight excluding hydrogens is 256 g/mol. The molecule has 0 fully saturated rings. The summed E-state index contributed by atoms with van der Waals surface area (Å²) in [5.74, 6) is 0. The Balaban J connectivity index is 2.61. The molecule has 1 aromatic carbocycles. The number of benzene rings is 1. The molecule has 3 rings (SSSR count). The van der Waals surface area contributed by atoms with Gasteiger partial charge in [-0.2, -0.15) is 4.52 Å². The van der Waals surface area contributed by atoms with Crippen molar-refractivity contribution in [3.05, 3.63) is 34.3 Å². The van der Waals surface area contributed by atoms with Crippen LogP contribution in [0.5, 0.6) is 0 Å². The summed E-state index contributed by atoms with van der Waals surface area (Å²) in [6, 6.07) is 8.05. The Morgan fingerprint density at radius 2 is 2.13 bits per heavy atom. The van der Waals surface area contributed by atoms with Crippen molar-refractivity contribution in [3.63, 3.8) is 0 Å². The van der Waals surface area contributed by atoms with Gasteiger partial charge in [0.1, 0.15) is 0 Å². The fraction of sp³-hybridized carbons (Fsp3) is 0.100. The molecule has 3 aromatic rings. The van der Waals surface area contributed by atoms with Crippen molar-refractivity contribution in [3.8, 4) is 0 Å². The number of aryl methyl sites for hydroxylation is 1. The van der Waals surface area contributed by atoms with Gasteiger partial charge in [0, 0.05) is 9.86 Å². The number of tetrazole rings is 1. The second kappa shape index (κ2) is 3.00. The molecule has 0 aliphatic rings. The van der Waals surface area contributed by atoms with Gasteiger partial charge in [-0.25, -0.2) is 0 Å². The third-order valence-corrected chi connectivity index (χ3v) is 2.94. The third-order valence-electron chi connectivity index (χ3n) is 2.45. The van der Waals surface area contributed by atoms with Gasteiger partial charge in [0.25, 0.3) is 0 Å². The third kappa shape index (κ3) is 1.23. The summed E-state index contributed by atoms with van der Waals surface area (Å²) in [5, 5.41) is 12.7. The van der Waals surface area contributed by atoms with Crippen molar-refractivity contribution >= 4 is 32.5 Å². The molecule has 0 atom stereocenters. The van der Waals surface area contributed by atoms with Crippen molar-refractivity contribution in [1.29, 1.82) is 0 Å². The van der Waals surface area contributed by atoms with Crippen LogP contribution in [0.15, 0.2) is 28.7 Å². The molecule has 0 aliphatic carbocycles. The molecule has 2 heterocycles. The largest absolute Gasteiger partial charge is 0.193 e. The molecule has 15 heavy (non-hydrogen) atoms. The molecule has 0 saturated carbocycles. The highest BCUT2D eigenvalue weighted by Gasteiger charge is 2.06. The topological polar surface area (TPSA) is 43.1 Å². The number of hydrogen-bond donors (Lipinski definition) is 0. The first-order valence-electron chi connectivity index (χ1n) is 4.53. The summed E-state index contributed by atoms with van der Waals surface area (Å²) in [6.45, 7) is 2.06. The fourth-order valence-electron chi connectivity index (χ4n) is 1.74. The molecule has 0 spiro atoms. The Morgan fingerprint density at radius 1 is 1.27 bits per heavy atom. The number of pyridine rings is 1. The average molecular weight is 263 g/mol. The number of halogens is 1. The smallest absolute Gasteiger partial charge is 0.180 e. The highest BCUT2D eigenvalue weighted by molar-refractivity contribution is 9.10. The zero-order valence-electron chi connectivity index (χ0n) is 7.98. The lowest BCUT2D eigenvalue weighted by atomic mass is 10.1. The minimum absolute atomic E-state index is 0.780. The zero-order valence-corrected chi connectivity index (χ0v) is 9.56. The molecule has 0 amide bonds. The second-order valence-electron chi connectivity index (χ2n) is 3.44. The Labute approximate surface area is 94.0 Å². The van der Waals surface area contributed by atoms with Crippen LogP contribution in [0.3, 0.4) is 0 Å². The highest BCUT2D eigenvalue weighted by Crippen LogP contribution is 2.23. The van der Waals surface area contributed by atoms with E-state index in [9.17, 15) is 0 Å². The number of nitrogens with zero attached hydrogens (tertiary/aromatic N) is 4. The van der Waals surface area contributed by atoms with Crippen molar-refractivity contribution in [2.45, 2.75) is 6.92 Å². The lowest BCUT2D eigenvalue weighted by Gasteiger charge is -2.03. The normalized spacial score (nSPS) is 11.3. The van der Waals surface area contributed by atoms with Crippen molar-refractivity contribution in [1.82, 2.24) is 20.0 Å². The first-order valence-corrected chi connectivity index (χ1v) is 5.32. The van der Waals surface area contributed by atoms with Crippen molar-refractivity contribution < 1.29 is 0 Å². The van der Waals surface area contributed by atoms with E-state index in [1.807, 2.05) is 18.2 Å². The average Bonchev–Trinajstić information content (AvgIpc) is 2.66. The number of fused-ring (bicyclic) bond motifs is 3. The molecule has 0 saturated heterocycles. The van der Waals surface area contributed by atoms with E-state index in [4.69, 9.17) is 0 Å². The maximum atomic E-state index is 3.96. The summed E-state index contributed by atoms with van der Waals surface area (Å²) in [7, 11) is 0.